The topological polar surface area (TPSA) is 117 Å². The molecule has 0 radical (unpaired) electrons. The van der Waals surface area contributed by atoms with Gasteiger partial charge >= 0.3 is 0 Å². The average Bonchev–Trinajstić information content (AvgIpc) is 3.15. The molecule has 0 saturated heterocycles. The van der Waals surface area contributed by atoms with Gasteiger partial charge in [0.2, 0.25) is 10.9 Å². The van der Waals surface area contributed by atoms with Crippen molar-refractivity contribution in [1.82, 2.24) is 0 Å². The quantitative estimate of drug-likeness (QED) is 0.166. The lowest BCUT2D eigenvalue weighted by Gasteiger charge is -2.30. The molecule has 2 heterocycles. The molecule has 3 aliphatic rings. The van der Waals surface area contributed by atoms with E-state index < -0.39 is 0 Å². The van der Waals surface area contributed by atoms with Crippen LogP contribution >= 0.6 is 23.5 Å². The summed E-state index contributed by atoms with van der Waals surface area (Å²) in [6.07, 6.45) is 2.44. The van der Waals surface area contributed by atoms with Crippen molar-refractivity contribution < 1.29 is 19.7 Å². The van der Waals surface area contributed by atoms with E-state index in [0.717, 1.165) is 70.9 Å². The molecule has 2 aliphatic heterocycles. The Bertz CT molecular complexity index is 2180. The van der Waals surface area contributed by atoms with Crippen molar-refractivity contribution in [3.63, 3.8) is 0 Å². The van der Waals surface area contributed by atoms with Gasteiger partial charge in [-0.3, -0.25) is 9.59 Å². The van der Waals surface area contributed by atoms with E-state index in [9.17, 15) is 19.8 Å². The van der Waals surface area contributed by atoms with Crippen LogP contribution in [0.4, 0.5) is 11.4 Å². The second kappa shape index (κ2) is 9.28. The fraction of sp³-hybridized carbons (Fsp3) is 0.312. The van der Waals surface area contributed by atoms with Crippen molar-refractivity contribution in [3.8, 4) is 11.5 Å². The molecule has 0 fully saturated rings. The van der Waals surface area contributed by atoms with Crippen molar-refractivity contribution >= 4 is 84.1 Å². The fourth-order valence-electron chi connectivity index (χ4n) is 7.59. The molecule has 4 N–H and O–H groups in total. The van der Waals surface area contributed by atoms with Crippen LogP contribution in [-0.4, -0.2) is 42.6 Å². The number of anilines is 2. The van der Waals surface area contributed by atoms with Crippen molar-refractivity contribution in [1.29, 1.82) is 0 Å². The summed E-state index contributed by atoms with van der Waals surface area (Å²) >= 11 is 3.29. The lowest BCUT2D eigenvalue weighted by atomic mass is 9.80. The molecule has 0 amide bonds. The SMILES string of the molecule is COc1c2c3c4c(c(OC)c(=O)c5c6c(c(CO)c(c7c(CO)c8c(c(c1=O)c37)NCCS8)c54)CSCN6)CC(C)=C2. The predicted molar refractivity (Wildman–Crippen MR) is 173 cm³/mol. The van der Waals surface area contributed by atoms with Crippen LogP contribution in [0.1, 0.15) is 34.7 Å². The molecule has 0 bridgehead atoms. The van der Waals surface area contributed by atoms with Crippen molar-refractivity contribution in [2.24, 2.45) is 0 Å². The number of rotatable bonds is 4. The Kier molecular flexibility index (Phi) is 5.79. The van der Waals surface area contributed by atoms with Crippen LogP contribution < -0.4 is 31.0 Å². The van der Waals surface area contributed by atoms with E-state index in [0.29, 0.717) is 57.9 Å². The maximum atomic E-state index is 14.4. The number of ether oxygens (including phenoxy) is 2. The first-order chi connectivity index (χ1) is 20.5. The second-order valence-corrected chi connectivity index (χ2v) is 13.2. The van der Waals surface area contributed by atoms with E-state index in [1.54, 1.807) is 23.5 Å². The normalized spacial score (nSPS) is 16.0. The van der Waals surface area contributed by atoms with E-state index >= 15 is 0 Å². The van der Waals surface area contributed by atoms with Crippen LogP contribution in [0, 0.1) is 0 Å². The van der Waals surface area contributed by atoms with Crippen LogP contribution in [0.25, 0.3) is 49.2 Å². The molecular formula is C32H28N2O6S2. The van der Waals surface area contributed by atoms with Gasteiger partial charge in [-0.05, 0) is 40.6 Å². The Labute approximate surface area is 248 Å². The second-order valence-electron chi connectivity index (χ2n) is 11.1. The van der Waals surface area contributed by atoms with Crippen LogP contribution in [-0.2, 0) is 25.4 Å². The number of hydrogen-bond donors (Lipinski definition) is 4. The summed E-state index contributed by atoms with van der Waals surface area (Å²) in [4.78, 5) is 29.7. The van der Waals surface area contributed by atoms with Gasteiger partial charge in [0.1, 0.15) is 0 Å². The zero-order valence-electron chi connectivity index (χ0n) is 23.4. The standard InChI is InChI=1S/C32H28N2O6S2/c1-12-6-13-18-19-14(7-12)31(40-3)29(38)25-23(19)21(16(9-36)32-27(25)33-4-5-42-32)20-15(8-35)17-10-41-11-34-26(17)24(22(18)20)28(37)30(13)39-2/h7,33-36H,4-6,8-11H2,1-3H3. The molecule has 0 spiro atoms. The third-order valence-electron chi connectivity index (χ3n) is 9.05. The van der Waals surface area contributed by atoms with Crippen molar-refractivity contribution in [2.45, 2.75) is 37.2 Å². The summed E-state index contributed by atoms with van der Waals surface area (Å²) in [7, 11) is 3.05. The summed E-state index contributed by atoms with van der Waals surface area (Å²) in [6, 6.07) is 0. The number of benzene rings is 5. The van der Waals surface area contributed by atoms with Crippen LogP contribution in [0.5, 0.6) is 11.5 Å². The Morgan fingerprint density at radius 1 is 0.810 bits per heavy atom. The number of hydrogen-bond acceptors (Lipinski definition) is 10. The summed E-state index contributed by atoms with van der Waals surface area (Å²) in [5.74, 6) is 2.57. The van der Waals surface area contributed by atoms with Gasteiger partial charge in [-0.15, -0.1) is 23.5 Å². The molecule has 0 aromatic heterocycles. The minimum absolute atomic E-state index is 0.199. The molecule has 5 aromatic carbocycles. The Morgan fingerprint density at radius 2 is 1.50 bits per heavy atom. The van der Waals surface area contributed by atoms with Gasteiger partial charge in [0.25, 0.3) is 0 Å². The molecule has 8 rings (SSSR count). The molecule has 8 nitrogen and oxygen atoms in total. The number of methoxy groups -OCH3 is 2. The first-order valence-electron chi connectivity index (χ1n) is 13.9. The van der Waals surface area contributed by atoms with Crippen LogP contribution in [0.3, 0.4) is 0 Å². The number of aliphatic hydroxyl groups excluding tert-OH is 2. The molecular weight excluding hydrogens is 572 g/mol. The van der Waals surface area contributed by atoms with Crippen molar-refractivity contribution in [3.05, 3.63) is 53.8 Å². The van der Waals surface area contributed by atoms with Gasteiger partial charge in [-0.25, -0.2) is 0 Å². The van der Waals surface area contributed by atoms with Crippen molar-refractivity contribution in [2.75, 3.05) is 43.0 Å². The zero-order chi connectivity index (χ0) is 29.0. The fourth-order valence-corrected chi connectivity index (χ4v) is 9.53. The van der Waals surface area contributed by atoms with Gasteiger partial charge in [-0.2, -0.15) is 0 Å². The van der Waals surface area contributed by atoms with Crippen LogP contribution in [0.2, 0.25) is 0 Å². The molecule has 0 unspecified atom stereocenters. The Balaban J connectivity index is 1.86. The highest BCUT2D eigenvalue weighted by molar-refractivity contribution is 7.99. The van der Waals surface area contributed by atoms with Gasteiger partial charge in [-0.1, -0.05) is 11.6 Å². The first kappa shape index (κ1) is 26.2. The highest BCUT2D eigenvalue weighted by Gasteiger charge is 2.35. The minimum Gasteiger partial charge on any atom is -0.492 e. The molecule has 0 atom stereocenters. The summed E-state index contributed by atoms with van der Waals surface area (Å²) < 4.78 is 11.8. The van der Waals surface area contributed by atoms with E-state index in [4.69, 9.17) is 9.47 Å². The lowest BCUT2D eigenvalue weighted by Crippen LogP contribution is -2.20. The predicted octanol–water partition coefficient (Wildman–Crippen LogP) is 4.99. The van der Waals surface area contributed by atoms with E-state index in [2.05, 4.69) is 10.6 Å². The molecule has 42 heavy (non-hydrogen) atoms. The van der Waals surface area contributed by atoms with Gasteiger partial charge in [0.15, 0.2) is 11.5 Å². The third-order valence-corrected chi connectivity index (χ3v) is 11.0. The minimum atomic E-state index is -0.259. The third kappa shape index (κ3) is 3.08. The van der Waals surface area contributed by atoms with E-state index in [1.807, 2.05) is 13.0 Å². The lowest BCUT2D eigenvalue weighted by molar-refractivity contribution is 0.280. The number of aliphatic hydroxyl groups is 2. The number of allylic oxidation sites excluding steroid dienone is 1. The molecule has 1 aliphatic carbocycles. The summed E-state index contributed by atoms with van der Waals surface area (Å²) in [5, 5.41) is 34.5. The monoisotopic (exact) mass is 600 g/mol. The Morgan fingerprint density at radius 3 is 2.24 bits per heavy atom. The summed E-state index contributed by atoms with van der Waals surface area (Å²) in [5.41, 5.74) is 5.70. The average molecular weight is 601 g/mol. The summed E-state index contributed by atoms with van der Waals surface area (Å²) in [6.45, 7) is 2.15. The zero-order valence-corrected chi connectivity index (χ0v) is 25.0. The molecule has 5 aromatic rings. The highest BCUT2D eigenvalue weighted by atomic mass is 32.2. The maximum Gasteiger partial charge on any atom is 0.230 e. The molecule has 214 valence electrons. The first-order valence-corrected chi connectivity index (χ1v) is 16.0. The number of thioether (sulfide) groups is 2. The smallest absolute Gasteiger partial charge is 0.230 e. The largest absolute Gasteiger partial charge is 0.492 e. The van der Waals surface area contributed by atoms with Gasteiger partial charge < -0.3 is 30.3 Å². The van der Waals surface area contributed by atoms with E-state index in [-0.39, 0.29) is 29.8 Å². The molecule has 0 saturated carbocycles. The van der Waals surface area contributed by atoms with Gasteiger partial charge in [0.05, 0.1) is 55.5 Å². The molecule has 10 heteroatoms. The highest BCUT2D eigenvalue weighted by Crippen LogP contribution is 2.55. The number of nitrogens with one attached hydrogen (secondary N) is 2. The van der Waals surface area contributed by atoms with Gasteiger partial charge in [0, 0.05) is 55.8 Å². The Hall–Kier alpha value is -3.44. The number of fused-ring (bicyclic) bond motifs is 5. The maximum absolute atomic E-state index is 14.4. The van der Waals surface area contributed by atoms with E-state index in [1.165, 1.54) is 14.2 Å². The van der Waals surface area contributed by atoms with Crippen LogP contribution in [0.15, 0.2) is 20.1 Å².